The van der Waals surface area contributed by atoms with Crippen molar-refractivity contribution in [2.75, 3.05) is 26.2 Å². The Bertz CT molecular complexity index is 759. The predicted octanol–water partition coefficient (Wildman–Crippen LogP) is 5.39. The Morgan fingerprint density at radius 3 is 2.06 bits per heavy atom. The van der Waals surface area contributed by atoms with Gasteiger partial charge in [-0.25, -0.2) is 0 Å². The van der Waals surface area contributed by atoms with E-state index in [0.29, 0.717) is 12.5 Å². The molecular formula is C26H40N2O3. The molecule has 0 aromatic heterocycles. The molecule has 5 heteroatoms. The second-order valence-electron chi connectivity index (χ2n) is 8.94. The number of carbonyl (C=O) groups is 2. The molecule has 0 fully saturated rings. The monoisotopic (exact) mass is 428 g/mol. The molecule has 1 aromatic rings. The fraction of sp³-hybridized carbons (Fsp3) is 0.615. The van der Waals surface area contributed by atoms with E-state index in [1.807, 2.05) is 24.3 Å². The minimum absolute atomic E-state index is 0.219. The molecule has 0 radical (unpaired) electrons. The highest BCUT2D eigenvalue weighted by Crippen LogP contribution is 2.38. The van der Waals surface area contributed by atoms with Crippen LogP contribution in [0.4, 0.5) is 0 Å². The van der Waals surface area contributed by atoms with Crippen molar-refractivity contribution in [2.45, 2.75) is 78.7 Å². The lowest BCUT2D eigenvalue weighted by Gasteiger charge is -2.28. The molecular weight excluding hydrogens is 388 g/mol. The van der Waals surface area contributed by atoms with Crippen molar-refractivity contribution in [1.82, 2.24) is 9.80 Å². The van der Waals surface area contributed by atoms with E-state index in [1.165, 1.54) is 38.2 Å². The normalized spacial score (nSPS) is 16.8. The van der Waals surface area contributed by atoms with Crippen LogP contribution < -0.4 is 0 Å². The van der Waals surface area contributed by atoms with Gasteiger partial charge in [-0.15, -0.1) is 0 Å². The molecule has 0 unspecified atom stereocenters. The summed E-state index contributed by atoms with van der Waals surface area (Å²) < 4.78 is 0. The average molecular weight is 429 g/mol. The van der Waals surface area contributed by atoms with E-state index < -0.39 is 11.9 Å². The van der Waals surface area contributed by atoms with E-state index in [2.05, 4.69) is 32.6 Å². The maximum atomic E-state index is 12.9. The van der Waals surface area contributed by atoms with Gasteiger partial charge in [0, 0.05) is 6.54 Å². The van der Waals surface area contributed by atoms with Gasteiger partial charge in [-0.1, -0.05) is 64.8 Å². The first-order valence-electron chi connectivity index (χ1n) is 11.9. The maximum Gasteiger partial charge on any atom is 0.290 e. The third kappa shape index (κ3) is 6.42. The highest BCUT2D eigenvalue weighted by molar-refractivity contribution is 6.08. The molecule has 1 aliphatic heterocycles. The zero-order valence-electron chi connectivity index (χ0n) is 20.0. The lowest BCUT2D eigenvalue weighted by atomic mass is 9.94. The molecule has 5 nitrogen and oxygen atoms in total. The first-order chi connectivity index (χ1) is 14.8. The minimum atomic E-state index is -0.508. The molecule has 1 heterocycles. The second kappa shape index (κ2) is 12.0. The summed E-state index contributed by atoms with van der Waals surface area (Å²) in [5, 5.41) is 10.5. The molecule has 0 saturated heterocycles. The maximum absolute atomic E-state index is 12.9. The number of Topliss-reactive ketones (excluding diaryl/α,β-unsaturated/α-hetero) is 1. The third-order valence-corrected chi connectivity index (χ3v) is 6.13. The second-order valence-corrected chi connectivity index (χ2v) is 8.94. The van der Waals surface area contributed by atoms with E-state index in [-0.39, 0.29) is 17.1 Å². The summed E-state index contributed by atoms with van der Waals surface area (Å²) >= 11 is 0. The van der Waals surface area contributed by atoms with Crippen LogP contribution in [0.25, 0.3) is 0 Å². The molecule has 0 bridgehead atoms. The number of rotatable bonds is 13. The van der Waals surface area contributed by atoms with Gasteiger partial charge in [0.25, 0.3) is 5.91 Å². The summed E-state index contributed by atoms with van der Waals surface area (Å²) in [6, 6.07) is 7.55. The molecule has 1 aliphatic rings. The lowest BCUT2D eigenvalue weighted by molar-refractivity contribution is -0.129. The number of hydrogen-bond donors (Lipinski definition) is 1. The number of benzene rings is 1. The average Bonchev–Trinajstić information content (AvgIpc) is 3.00. The topological polar surface area (TPSA) is 60.9 Å². The van der Waals surface area contributed by atoms with Crippen molar-refractivity contribution in [1.29, 1.82) is 0 Å². The zero-order chi connectivity index (χ0) is 23.0. The summed E-state index contributed by atoms with van der Waals surface area (Å²) in [5.41, 5.74) is 2.30. The highest BCUT2D eigenvalue weighted by atomic mass is 16.3. The molecule has 0 spiro atoms. The van der Waals surface area contributed by atoms with E-state index in [1.54, 1.807) is 4.90 Å². The zero-order valence-corrected chi connectivity index (χ0v) is 20.0. The summed E-state index contributed by atoms with van der Waals surface area (Å²) in [6.45, 7) is 13.7. The quantitative estimate of drug-likeness (QED) is 0.458. The third-order valence-electron chi connectivity index (χ3n) is 6.13. The molecule has 1 atom stereocenters. The molecule has 1 aromatic carbocycles. The first-order valence-corrected chi connectivity index (χ1v) is 11.9. The van der Waals surface area contributed by atoms with Crippen molar-refractivity contribution in [3.05, 3.63) is 46.7 Å². The standard InChI is InChI=1S/C26H40N2O3/c1-6-8-15-27(16-9-7-2)17-10-18-28-24(23(20(5)29)25(30)26(28)31)22-13-11-21(12-14-22)19(3)4/h11-14,19,24,30H,6-10,15-18H2,1-5H3/t24-/m0/s1. The summed E-state index contributed by atoms with van der Waals surface area (Å²) in [4.78, 5) is 29.3. The molecule has 31 heavy (non-hydrogen) atoms. The highest BCUT2D eigenvalue weighted by Gasteiger charge is 2.42. The van der Waals surface area contributed by atoms with Crippen molar-refractivity contribution < 1.29 is 14.7 Å². The van der Waals surface area contributed by atoms with Gasteiger partial charge in [0.05, 0.1) is 11.6 Å². The number of unbranched alkanes of at least 4 members (excludes halogenated alkanes) is 2. The Kier molecular flexibility index (Phi) is 9.76. The molecule has 1 amide bonds. The van der Waals surface area contributed by atoms with Crippen LogP contribution in [0.5, 0.6) is 0 Å². The van der Waals surface area contributed by atoms with Crippen LogP contribution >= 0.6 is 0 Å². The first kappa shape index (κ1) is 25.1. The SMILES string of the molecule is CCCCN(CCCC)CCCN1C(=O)C(O)=C(C(C)=O)[C@@H]1c1ccc(C(C)C)cc1. The van der Waals surface area contributed by atoms with Crippen molar-refractivity contribution in [3.8, 4) is 0 Å². The smallest absolute Gasteiger partial charge is 0.290 e. The fourth-order valence-electron chi connectivity index (χ4n) is 4.22. The lowest BCUT2D eigenvalue weighted by Crippen LogP contribution is -2.35. The molecule has 172 valence electrons. The van der Waals surface area contributed by atoms with E-state index in [4.69, 9.17) is 0 Å². The summed E-state index contributed by atoms with van der Waals surface area (Å²) in [6.07, 6.45) is 5.50. The number of carbonyl (C=O) groups excluding carboxylic acids is 2. The molecule has 1 N–H and O–H groups in total. The van der Waals surface area contributed by atoms with Crippen molar-refractivity contribution >= 4 is 11.7 Å². The van der Waals surface area contributed by atoms with Gasteiger partial charge in [0.2, 0.25) is 0 Å². The minimum Gasteiger partial charge on any atom is -0.503 e. The van der Waals surface area contributed by atoms with Gasteiger partial charge in [-0.2, -0.15) is 0 Å². The Morgan fingerprint density at radius 1 is 1.03 bits per heavy atom. The van der Waals surface area contributed by atoms with Crippen molar-refractivity contribution in [3.63, 3.8) is 0 Å². The van der Waals surface area contributed by atoms with Gasteiger partial charge < -0.3 is 14.9 Å². The number of nitrogens with zero attached hydrogens (tertiary/aromatic N) is 2. The largest absolute Gasteiger partial charge is 0.503 e. The van der Waals surface area contributed by atoms with E-state index in [9.17, 15) is 14.7 Å². The van der Waals surface area contributed by atoms with E-state index >= 15 is 0 Å². The Morgan fingerprint density at radius 2 is 1.58 bits per heavy atom. The molecule has 0 saturated carbocycles. The Hall–Kier alpha value is -2.14. The number of ketones is 1. The van der Waals surface area contributed by atoms with Crippen LogP contribution in [0, 0.1) is 0 Å². The van der Waals surface area contributed by atoms with Crippen LogP contribution in [0.1, 0.15) is 89.8 Å². The molecule has 2 rings (SSSR count). The number of hydrogen-bond acceptors (Lipinski definition) is 4. The summed E-state index contributed by atoms with van der Waals surface area (Å²) in [5.74, 6) is -0.668. The van der Waals surface area contributed by atoms with Crippen LogP contribution in [-0.2, 0) is 9.59 Å². The predicted molar refractivity (Wildman–Crippen MR) is 126 cm³/mol. The number of aliphatic hydroxyl groups is 1. The van der Waals surface area contributed by atoms with Crippen LogP contribution in [0.15, 0.2) is 35.6 Å². The van der Waals surface area contributed by atoms with Gasteiger partial charge in [0.15, 0.2) is 11.5 Å². The van der Waals surface area contributed by atoms with E-state index in [0.717, 1.165) is 31.6 Å². The van der Waals surface area contributed by atoms with Gasteiger partial charge in [0.1, 0.15) is 0 Å². The van der Waals surface area contributed by atoms with Crippen LogP contribution in [-0.4, -0.2) is 52.8 Å². The van der Waals surface area contributed by atoms with Gasteiger partial charge in [-0.3, -0.25) is 9.59 Å². The fourth-order valence-corrected chi connectivity index (χ4v) is 4.22. The Labute approximate surface area is 188 Å². The Balaban J connectivity index is 2.17. The number of aliphatic hydroxyl groups excluding tert-OH is 1. The van der Waals surface area contributed by atoms with Crippen LogP contribution in [0.3, 0.4) is 0 Å². The van der Waals surface area contributed by atoms with Gasteiger partial charge >= 0.3 is 0 Å². The molecule has 0 aliphatic carbocycles. The van der Waals surface area contributed by atoms with Gasteiger partial charge in [-0.05, 0) is 62.9 Å². The van der Waals surface area contributed by atoms with Crippen LogP contribution in [0.2, 0.25) is 0 Å². The summed E-state index contributed by atoms with van der Waals surface area (Å²) in [7, 11) is 0. The van der Waals surface area contributed by atoms with Crippen molar-refractivity contribution in [2.24, 2.45) is 0 Å². The number of amides is 1.